The third-order valence-electron chi connectivity index (χ3n) is 5.32. The van der Waals surface area contributed by atoms with E-state index in [2.05, 4.69) is 15.6 Å². The number of nitrogens with one attached hydrogen (secondary N) is 1. The number of amides is 3. The van der Waals surface area contributed by atoms with Gasteiger partial charge in [-0.1, -0.05) is 5.21 Å². The fourth-order valence-corrected chi connectivity index (χ4v) is 3.65. The van der Waals surface area contributed by atoms with Crippen LogP contribution < -0.4 is 5.32 Å². The molecular weight excluding hydrogens is 387 g/mol. The number of hydrogen-bond acceptors (Lipinski definition) is 4. The van der Waals surface area contributed by atoms with E-state index in [1.807, 2.05) is 10.7 Å². The van der Waals surface area contributed by atoms with Gasteiger partial charge in [0.2, 0.25) is 0 Å². The van der Waals surface area contributed by atoms with Crippen molar-refractivity contribution < 1.29 is 14.0 Å². The third-order valence-corrected chi connectivity index (χ3v) is 5.32. The summed E-state index contributed by atoms with van der Waals surface area (Å²) in [4.78, 5) is 27.9. The second-order valence-corrected chi connectivity index (χ2v) is 7.59. The summed E-state index contributed by atoms with van der Waals surface area (Å²) in [5.41, 5.74) is 2.69. The Kier molecular flexibility index (Phi) is 5.35. The third kappa shape index (κ3) is 3.96. The lowest BCUT2D eigenvalue weighted by Crippen LogP contribution is -2.41. The SMILES string of the molecule is CN(C)C(=O)c1ccc2c(c1)nnn2C1CCN(C(=O)Nc2ccc(F)cc2)CC1. The maximum atomic E-state index is 13.0. The van der Waals surface area contributed by atoms with Gasteiger partial charge in [0, 0.05) is 38.4 Å². The minimum absolute atomic E-state index is 0.0769. The molecule has 156 valence electrons. The van der Waals surface area contributed by atoms with Crippen LogP contribution in [-0.2, 0) is 0 Å². The molecule has 2 aromatic carbocycles. The Labute approximate surface area is 173 Å². The summed E-state index contributed by atoms with van der Waals surface area (Å²) in [7, 11) is 3.42. The Bertz CT molecular complexity index is 1070. The van der Waals surface area contributed by atoms with E-state index in [0.717, 1.165) is 18.4 Å². The molecule has 0 unspecified atom stereocenters. The normalized spacial score (nSPS) is 14.7. The first-order chi connectivity index (χ1) is 14.4. The van der Waals surface area contributed by atoms with Crippen molar-refractivity contribution in [2.75, 3.05) is 32.5 Å². The molecule has 2 heterocycles. The maximum absolute atomic E-state index is 13.0. The molecule has 0 radical (unpaired) electrons. The van der Waals surface area contributed by atoms with Gasteiger partial charge in [-0.15, -0.1) is 5.10 Å². The lowest BCUT2D eigenvalue weighted by molar-refractivity contribution is 0.0827. The fraction of sp³-hybridized carbons (Fsp3) is 0.333. The van der Waals surface area contributed by atoms with Crippen LogP contribution in [0.3, 0.4) is 0 Å². The molecule has 1 fully saturated rings. The van der Waals surface area contributed by atoms with Crippen molar-refractivity contribution in [3.05, 3.63) is 53.8 Å². The average molecular weight is 410 g/mol. The Morgan fingerprint density at radius 1 is 1.10 bits per heavy atom. The van der Waals surface area contributed by atoms with E-state index < -0.39 is 0 Å². The van der Waals surface area contributed by atoms with Gasteiger partial charge in [-0.25, -0.2) is 13.9 Å². The highest BCUT2D eigenvalue weighted by molar-refractivity contribution is 5.97. The number of halogens is 1. The summed E-state index contributed by atoms with van der Waals surface area (Å²) >= 11 is 0. The van der Waals surface area contributed by atoms with Gasteiger partial charge in [0.1, 0.15) is 11.3 Å². The van der Waals surface area contributed by atoms with Crippen LogP contribution in [0.2, 0.25) is 0 Å². The van der Waals surface area contributed by atoms with Crippen molar-refractivity contribution in [3.8, 4) is 0 Å². The second-order valence-electron chi connectivity index (χ2n) is 7.59. The summed E-state index contributed by atoms with van der Waals surface area (Å²) in [5.74, 6) is -0.418. The number of piperidine rings is 1. The highest BCUT2D eigenvalue weighted by atomic mass is 19.1. The molecule has 1 N–H and O–H groups in total. The van der Waals surface area contributed by atoms with E-state index in [9.17, 15) is 14.0 Å². The number of hydrogen-bond donors (Lipinski definition) is 1. The summed E-state index contributed by atoms with van der Waals surface area (Å²) in [6.45, 7) is 1.16. The molecule has 9 heteroatoms. The maximum Gasteiger partial charge on any atom is 0.321 e. The molecule has 0 spiro atoms. The number of fused-ring (bicyclic) bond motifs is 1. The highest BCUT2D eigenvalue weighted by Gasteiger charge is 2.26. The largest absolute Gasteiger partial charge is 0.345 e. The Morgan fingerprint density at radius 3 is 2.47 bits per heavy atom. The molecule has 30 heavy (non-hydrogen) atoms. The fourth-order valence-electron chi connectivity index (χ4n) is 3.65. The first kappa shape index (κ1) is 19.8. The van der Waals surface area contributed by atoms with Crippen molar-refractivity contribution in [1.82, 2.24) is 24.8 Å². The molecule has 0 bridgehead atoms. The second kappa shape index (κ2) is 8.10. The van der Waals surface area contributed by atoms with Crippen LogP contribution in [0.25, 0.3) is 11.0 Å². The predicted molar refractivity (Wildman–Crippen MR) is 111 cm³/mol. The molecule has 3 aromatic rings. The molecule has 0 atom stereocenters. The summed E-state index contributed by atoms with van der Waals surface area (Å²) in [5, 5.41) is 11.3. The lowest BCUT2D eigenvalue weighted by Gasteiger charge is -2.32. The zero-order valence-electron chi connectivity index (χ0n) is 16.9. The zero-order valence-corrected chi connectivity index (χ0v) is 16.9. The number of aromatic nitrogens is 3. The van der Waals surface area contributed by atoms with E-state index in [-0.39, 0.29) is 23.8 Å². The van der Waals surface area contributed by atoms with Gasteiger partial charge < -0.3 is 15.1 Å². The monoisotopic (exact) mass is 410 g/mol. The molecule has 1 aromatic heterocycles. The van der Waals surface area contributed by atoms with Gasteiger partial charge in [0.15, 0.2) is 0 Å². The van der Waals surface area contributed by atoms with E-state index in [1.54, 1.807) is 31.1 Å². The average Bonchev–Trinajstić information content (AvgIpc) is 3.18. The molecule has 0 saturated carbocycles. The lowest BCUT2D eigenvalue weighted by atomic mass is 10.0. The number of benzene rings is 2. The predicted octanol–water partition coefficient (Wildman–Crippen LogP) is 3.14. The number of carbonyl (C=O) groups excluding carboxylic acids is 2. The van der Waals surface area contributed by atoms with Gasteiger partial charge >= 0.3 is 6.03 Å². The molecule has 4 rings (SSSR count). The molecule has 1 saturated heterocycles. The quantitative estimate of drug-likeness (QED) is 0.719. The van der Waals surface area contributed by atoms with E-state index >= 15 is 0 Å². The van der Waals surface area contributed by atoms with Crippen molar-refractivity contribution in [2.24, 2.45) is 0 Å². The van der Waals surface area contributed by atoms with Crippen LogP contribution in [0, 0.1) is 5.82 Å². The first-order valence-electron chi connectivity index (χ1n) is 9.80. The smallest absolute Gasteiger partial charge is 0.321 e. The number of likely N-dealkylation sites (tertiary alicyclic amines) is 1. The van der Waals surface area contributed by atoms with Crippen LogP contribution in [0.5, 0.6) is 0 Å². The number of anilines is 1. The van der Waals surface area contributed by atoms with Crippen LogP contribution in [-0.4, -0.2) is 63.9 Å². The van der Waals surface area contributed by atoms with Crippen molar-refractivity contribution in [3.63, 3.8) is 0 Å². The highest BCUT2D eigenvalue weighted by Crippen LogP contribution is 2.26. The molecule has 1 aliphatic heterocycles. The number of nitrogens with zero attached hydrogens (tertiary/aromatic N) is 5. The molecule has 1 aliphatic rings. The van der Waals surface area contributed by atoms with Gasteiger partial charge in [-0.05, 0) is 55.3 Å². The van der Waals surface area contributed by atoms with Crippen molar-refractivity contribution in [2.45, 2.75) is 18.9 Å². The van der Waals surface area contributed by atoms with Crippen molar-refractivity contribution >= 4 is 28.7 Å². The standard InChI is InChI=1S/C21H23FN6O2/c1-26(2)20(29)14-3-8-19-18(13-14)24-25-28(19)17-9-11-27(12-10-17)21(30)23-16-6-4-15(22)5-7-16/h3-8,13,17H,9-12H2,1-2H3,(H,23,30). The molecule has 3 amide bonds. The van der Waals surface area contributed by atoms with Crippen LogP contribution >= 0.6 is 0 Å². The van der Waals surface area contributed by atoms with Crippen molar-refractivity contribution in [1.29, 1.82) is 0 Å². The summed E-state index contributed by atoms with van der Waals surface area (Å²) in [6.07, 6.45) is 1.49. The minimum atomic E-state index is -0.341. The Morgan fingerprint density at radius 2 is 1.80 bits per heavy atom. The molecular formula is C21H23FN6O2. The summed E-state index contributed by atoms with van der Waals surface area (Å²) < 4.78 is 14.9. The number of carbonyl (C=O) groups is 2. The zero-order chi connectivity index (χ0) is 21.3. The minimum Gasteiger partial charge on any atom is -0.345 e. The van der Waals surface area contributed by atoms with Crippen LogP contribution in [0.1, 0.15) is 29.2 Å². The summed E-state index contributed by atoms with van der Waals surface area (Å²) in [6, 6.07) is 11.1. The van der Waals surface area contributed by atoms with Crippen LogP contribution in [0.15, 0.2) is 42.5 Å². The number of rotatable bonds is 3. The van der Waals surface area contributed by atoms with E-state index in [0.29, 0.717) is 29.9 Å². The van der Waals surface area contributed by atoms with Gasteiger partial charge in [-0.2, -0.15) is 0 Å². The topological polar surface area (TPSA) is 83.4 Å². The van der Waals surface area contributed by atoms with E-state index in [1.165, 1.54) is 29.2 Å². The van der Waals surface area contributed by atoms with E-state index in [4.69, 9.17) is 0 Å². The van der Waals surface area contributed by atoms with Gasteiger partial charge in [0.05, 0.1) is 11.6 Å². The molecule has 0 aliphatic carbocycles. The first-order valence-corrected chi connectivity index (χ1v) is 9.80. The molecule has 8 nitrogen and oxygen atoms in total. The van der Waals surface area contributed by atoms with Gasteiger partial charge in [0.25, 0.3) is 5.91 Å². The number of urea groups is 1. The van der Waals surface area contributed by atoms with Gasteiger partial charge in [-0.3, -0.25) is 4.79 Å². The Balaban J connectivity index is 1.41. The Hall–Kier alpha value is -3.49. The van der Waals surface area contributed by atoms with Crippen LogP contribution in [0.4, 0.5) is 14.9 Å².